The van der Waals surface area contributed by atoms with Gasteiger partial charge in [0, 0.05) is 24.5 Å². The molecule has 0 bridgehead atoms. The normalized spacial score (nSPS) is 12.8. The summed E-state index contributed by atoms with van der Waals surface area (Å²) in [6.07, 6.45) is 2.61. The maximum atomic E-state index is 8.92. The molecule has 2 N–H and O–H groups in total. The van der Waals surface area contributed by atoms with Crippen LogP contribution in [0.3, 0.4) is 0 Å². The van der Waals surface area contributed by atoms with E-state index in [4.69, 9.17) is 5.11 Å². The molecule has 0 spiro atoms. The monoisotopic (exact) mass is 194 g/mol. The van der Waals surface area contributed by atoms with Gasteiger partial charge >= 0.3 is 0 Å². The molecule has 0 aromatic carbocycles. The Balaban J connectivity index is 2.71. The summed E-state index contributed by atoms with van der Waals surface area (Å²) >= 11 is 0. The molecule has 0 aliphatic heterocycles. The molecule has 0 saturated carbocycles. The molecule has 14 heavy (non-hydrogen) atoms. The molecule has 0 aliphatic carbocycles. The Morgan fingerprint density at radius 3 is 2.79 bits per heavy atom. The Labute approximate surface area is 85.2 Å². The highest BCUT2D eigenvalue weighted by Gasteiger charge is 2.08. The van der Waals surface area contributed by atoms with E-state index in [0.29, 0.717) is 0 Å². The summed E-state index contributed by atoms with van der Waals surface area (Å²) in [6.45, 7) is 5.13. The van der Waals surface area contributed by atoms with E-state index in [9.17, 15) is 0 Å². The first-order valence-corrected chi connectivity index (χ1v) is 5.04. The van der Waals surface area contributed by atoms with E-state index in [-0.39, 0.29) is 12.6 Å². The Bertz CT molecular complexity index is 252. The van der Waals surface area contributed by atoms with Gasteiger partial charge in [-0.1, -0.05) is 13.0 Å². The standard InChI is InChI=1S/C11H18N2O/c1-3-12-11(6-7-14)10-5-4-9(2)13-8-10/h4-5,8,11-12,14H,3,6-7H2,1-2H3. The number of aliphatic hydroxyl groups is 1. The van der Waals surface area contributed by atoms with E-state index in [2.05, 4.69) is 23.3 Å². The Morgan fingerprint density at radius 1 is 1.50 bits per heavy atom. The molecular weight excluding hydrogens is 176 g/mol. The maximum absolute atomic E-state index is 8.92. The van der Waals surface area contributed by atoms with Crippen molar-refractivity contribution in [3.05, 3.63) is 29.6 Å². The lowest BCUT2D eigenvalue weighted by atomic mass is 10.1. The van der Waals surface area contributed by atoms with E-state index < -0.39 is 0 Å². The third-order valence-electron chi connectivity index (χ3n) is 2.20. The number of hydrogen-bond donors (Lipinski definition) is 2. The van der Waals surface area contributed by atoms with Gasteiger partial charge in [-0.15, -0.1) is 0 Å². The minimum Gasteiger partial charge on any atom is -0.396 e. The first-order chi connectivity index (χ1) is 6.77. The number of aliphatic hydroxyl groups excluding tert-OH is 1. The first-order valence-electron chi connectivity index (χ1n) is 5.04. The van der Waals surface area contributed by atoms with E-state index in [0.717, 1.165) is 24.2 Å². The van der Waals surface area contributed by atoms with Crippen LogP contribution in [-0.4, -0.2) is 23.2 Å². The molecule has 1 aromatic rings. The minimum atomic E-state index is 0.200. The lowest BCUT2D eigenvalue weighted by Gasteiger charge is -2.16. The lowest BCUT2D eigenvalue weighted by molar-refractivity contribution is 0.266. The van der Waals surface area contributed by atoms with Crippen LogP contribution in [0.2, 0.25) is 0 Å². The molecule has 1 rings (SSSR count). The molecule has 0 radical (unpaired) electrons. The highest BCUT2D eigenvalue weighted by Crippen LogP contribution is 2.15. The fraction of sp³-hybridized carbons (Fsp3) is 0.545. The number of rotatable bonds is 5. The third kappa shape index (κ3) is 3.09. The van der Waals surface area contributed by atoms with E-state index in [1.807, 2.05) is 19.2 Å². The summed E-state index contributed by atoms with van der Waals surface area (Å²) in [6, 6.07) is 4.28. The van der Waals surface area contributed by atoms with Crippen molar-refractivity contribution in [3.63, 3.8) is 0 Å². The number of hydrogen-bond acceptors (Lipinski definition) is 3. The van der Waals surface area contributed by atoms with Gasteiger partial charge in [-0.2, -0.15) is 0 Å². The number of nitrogens with zero attached hydrogens (tertiary/aromatic N) is 1. The molecule has 0 aliphatic rings. The second-order valence-corrected chi connectivity index (χ2v) is 3.36. The zero-order chi connectivity index (χ0) is 10.4. The van der Waals surface area contributed by atoms with Gasteiger partial charge in [0.25, 0.3) is 0 Å². The molecule has 1 unspecified atom stereocenters. The van der Waals surface area contributed by atoms with Crippen LogP contribution in [0, 0.1) is 6.92 Å². The molecule has 1 aromatic heterocycles. The summed E-state index contributed by atoms with van der Waals surface area (Å²) in [5.41, 5.74) is 2.17. The minimum absolute atomic E-state index is 0.200. The summed E-state index contributed by atoms with van der Waals surface area (Å²) in [5.74, 6) is 0. The van der Waals surface area contributed by atoms with Crippen LogP contribution in [0.25, 0.3) is 0 Å². The summed E-state index contributed by atoms with van der Waals surface area (Å²) in [7, 11) is 0. The predicted molar refractivity (Wildman–Crippen MR) is 57.1 cm³/mol. The van der Waals surface area contributed by atoms with Crippen LogP contribution < -0.4 is 5.32 Å². The SMILES string of the molecule is CCNC(CCO)c1ccc(C)nc1. The lowest BCUT2D eigenvalue weighted by Crippen LogP contribution is -2.22. The van der Waals surface area contributed by atoms with Crippen LogP contribution in [0.15, 0.2) is 18.3 Å². The van der Waals surface area contributed by atoms with E-state index in [1.165, 1.54) is 0 Å². The van der Waals surface area contributed by atoms with Gasteiger partial charge < -0.3 is 10.4 Å². The van der Waals surface area contributed by atoms with Crippen molar-refractivity contribution < 1.29 is 5.11 Å². The maximum Gasteiger partial charge on any atom is 0.0449 e. The second kappa shape index (κ2) is 5.73. The fourth-order valence-electron chi connectivity index (χ4n) is 1.45. The van der Waals surface area contributed by atoms with Crippen molar-refractivity contribution in [2.75, 3.05) is 13.2 Å². The molecule has 0 saturated heterocycles. The largest absolute Gasteiger partial charge is 0.396 e. The fourth-order valence-corrected chi connectivity index (χ4v) is 1.45. The van der Waals surface area contributed by atoms with Crippen LogP contribution in [-0.2, 0) is 0 Å². The Hall–Kier alpha value is -0.930. The zero-order valence-corrected chi connectivity index (χ0v) is 8.83. The average Bonchev–Trinajstić information content (AvgIpc) is 2.19. The van der Waals surface area contributed by atoms with Gasteiger partial charge in [0.2, 0.25) is 0 Å². The van der Waals surface area contributed by atoms with Gasteiger partial charge in [0.15, 0.2) is 0 Å². The summed E-state index contributed by atoms with van der Waals surface area (Å²) in [5, 5.41) is 12.2. The van der Waals surface area contributed by atoms with Crippen molar-refractivity contribution in [1.29, 1.82) is 0 Å². The number of nitrogens with one attached hydrogen (secondary N) is 1. The molecule has 3 heteroatoms. The number of aryl methyl sites for hydroxylation is 1. The third-order valence-corrected chi connectivity index (χ3v) is 2.20. The van der Waals surface area contributed by atoms with Crippen molar-refractivity contribution in [3.8, 4) is 0 Å². The molecule has 1 heterocycles. The van der Waals surface area contributed by atoms with Gasteiger partial charge in [-0.25, -0.2) is 0 Å². The smallest absolute Gasteiger partial charge is 0.0449 e. The molecule has 0 amide bonds. The van der Waals surface area contributed by atoms with Crippen molar-refractivity contribution >= 4 is 0 Å². The Morgan fingerprint density at radius 2 is 2.29 bits per heavy atom. The highest BCUT2D eigenvalue weighted by atomic mass is 16.3. The molecule has 0 fully saturated rings. The highest BCUT2D eigenvalue weighted by molar-refractivity contribution is 5.17. The van der Waals surface area contributed by atoms with Crippen molar-refractivity contribution in [1.82, 2.24) is 10.3 Å². The summed E-state index contributed by atoms with van der Waals surface area (Å²) < 4.78 is 0. The van der Waals surface area contributed by atoms with Crippen LogP contribution in [0.4, 0.5) is 0 Å². The average molecular weight is 194 g/mol. The van der Waals surface area contributed by atoms with Gasteiger partial charge in [0.1, 0.15) is 0 Å². The molecule has 78 valence electrons. The van der Waals surface area contributed by atoms with E-state index in [1.54, 1.807) is 0 Å². The number of aromatic nitrogens is 1. The number of pyridine rings is 1. The molecular formula is C11H18N2O. The Kier molecular flexibility index (Phi) is 4.56. The van der Waals surface area contributed by atoms with Crippen LogP contribution in [0.5, 0.6) is 0 Å². The van der Waals surface area contributed by atoms with Crippen LogP contribution in [0.1, 0.15) is 30.6 Å². The topological polar surface area (TPSA) is 45.1 Å². The van der Waals surface area contributed by atoms with E-state index >= 15 is 0 Å². The van der Waals surface area contributed by atoms with Gasteiger partial charge in [-0.05, 0) is 31.5 Å². The quantitative estimate of drug-likeness (QED) is 0.745. The van der Waals surface area contributed by atoms with Crippen molar-refractivity contribution in [2.45, 2.75) is 26.3 Å². The second-order valence-electron chi connectivity index (χ2n) is 3.36. The predicted octanol–water partition coefficient (Wildman–Crippen LogP) is 1.42. The van der Waals surface area contributed by atoms with Crippen molar-refractivity contribution in [2.24, 2.45) is 0 Å². The molecule has 1 atom stereocenters. The van der Waals surface area contributed by atoms with Crippen LogP contribution >= 0.6 is 0 Å². The van der Waals surface area contributed by atoms with Gasteiger partial charge in [0.05, 0.1) is 0 Å². The van der Waals surface area contributed by atoms with Gasteiger partial charge in [-0.3, -0.25) is 4.98 Å². The summed E-state index contributed by atoms with van der Waals surface area (Å²) in [4.78, 5) is 4.24. The molecule has 3 nitrogen and oxygen atoms in total. The first kappa shape index (κ1) is 11.1. The zero-order valence-electron chi connectivity index (χ0n) is 8.83.